The van der Waals surface area contributed by atoms with Crippen LogP contribution in [0.1, 0.15) is 11.1 Å². The lowest BCUT2D eigenvalue weighted by atomic mass is 10.2. The third kappa shape index (κ3) is 4.25. The van der Waals surface area contributed by atoms with Gasteiger partial charge in [0, 0.05) is 11.1 Å². The summed E-state index contributed by atoms with van der Waals surface area (Å²) in [4.78, 5) is 0. The molecule has 0 saturated heterocycles. The van der Waals surface area contributed by atoms with Crippen LogP contribution in [0.4, 0.5) is 11.4 Å². The Kier molecular flexibility index (Phi) is 5.21. The minimum absolute atomic E-state index is 0.0317. The first-order chi connectivity index (χ1) is 11.1. The predicted octanol–water partition coefficient (Wildman–Crippen LogP) is 1.68. The SMILES string of the molecule is N=C(NN)c1ccc(N/N=N/c2ccc(/C(N)=N/O)cc2)cc1. The zero-order valence-corrected chi connectivity index (χ0v) is 12.1. The molecule has 0 spiro atoms. The first-order valence-electron chi connectivity index (χ1n) is 6.54. The van der Waals surface area contributed by atoms with Crippen molar-refractivity contribution in [2.24, 2.45) is 27.1 Å². The summed E-state index contributed by atoms with van der Waals surface area (Å²) >= 11 is 0. The van der Waals surface area contributed by atoms with Crippen LogP contribution >= 0.6 is 0 Å². The maximum atomic E-state index is 8.58. The molecule has 0 aliphatic heterocycles. The molecular weight excluding hydrogens is 296 g/mol. The number of hydrazine groups is 1. The quantitative estimate of drug-likeness (QED) is 0.124. The third-order valence-electron chi connectivity index (χ3n) is 2.93. The van der Waals surface area contributed by atoms with Gasteiger partial charge in [0.1, 0.15) is 5.84 Å². The summed E-state index contributed by atoms with van der Waals surface area (Å²) in [7, 11) is 0. The minimum atomic E-state index is 0.0317. The lowest BCUT2D eigenvalue weighted by molar-refractivity contribution is 0.318. The van der Waals surface area contributed by atoms with Crippen molar-refractivity contribution in [1.82, 2.24) is 5.43 Å². The fourth-order valence-electron chi connectivity index (χ4n) is 1.69. The van der Waals surface area contributed by atoms with E-state index in [2.05, 4.69) is 26.3 Å². The molecule has 9 heteroatoms. The van der Waals surface area contributed by atoms with Crippen molar-refractivity contribution in [2.75, 3.05) is 5.43 Å². The molecule has 0 heterocycles. The van der Waals surface area contributed by atoms with Gasteiger partial charge in [-0.2, -0.15) is 0 Å². The highest BCUT2D eigenvalue weighted by atomic mass is 16.4. The van der Waals surface area contributed by atoms with Gasteiger partial charge in [0.05, 0.1) is 11.4 Å². The first kappa shape index (κ1) is 15.9. The fraction of sp³-hybridized carbons (Fsp3) is 0. The second kappa shape index (κ2) is 7.52. The summed E-state index contributed by atoms with van der Waals surface area (Å²) in [6.45, 7) is 0. The van der Waals surface area contributed by atoms with E-state index in [1.807, 2.05) is 0 Å². The molecule has 0 aromatic heterocycles. The van der Waals surface area contributed by atoms with Crippen LogP contribution in [0.2, 0.25) is 0 Å². The molecule has 0 radical (unpaired) electrons. The minimum Gasteiger partial charge on any atom is -0.409 e. The lowest BCUT2D eigenvalue weighted by Crippen LogP contribution is -2.29. The number of hydrogen-bond acceptors (Lipinski definition) is 6. The second-order valence-corrected chi connectivity index (χ2v) is 4.44. The zero-order chi connectivity index (χ0) is 16.7. The normalized spacial score (nSPS) is 11.4. The predicted molar refractivity (Wildman–Crippen MR) is 87.7 cm³/mol. The number of amidine groups is 2. The molecule has 0 fully saturated rings. The van der Waals surface area contributed by atoms with E-state index < -0.39 is 0 Å². The fourth-order valence-corrected chi connectivity index (χ4v) is 1.69. The van der Waals surface area contributed by atoms with Gasteiger partial charge < -0.3 is 16.4 Å². The Morgan fingerprint density at radius 2 is 1.61 bits per heavy atom. The Hall–Kier alpha value is -3.46. The van der Waals surface area contributed by atoms with Crippen LogP contribution in [-0.2, 0) is 0 Å². The third-order valence-corrected chi connectivity index (χ3v) is 2.93. The van der Waals surface area contributed by atoms with Crippen molar-refractivity contribution in [3.05, 3.63) is 59.7 Å². The van der Waals surface area contributed by atoms with Crippen molar-refractivity contribution in [2.45, 2.75) is 0 Å². The van der Waals surface area contributed by atoms with Gasteiger partial charge in [0.25, 0.3) is 0 Å². The van der Waals surface area contributed by atoms with E-state index in [1.54, 1.807) is 48.5 Å². The summed E-state index contributed by atoms with van der Waals surface area (Å²) in [6.07, 6.45) is 0. The van der Waals surface area contributed by atoms with E-state index in [0.29, 0.717) is 16.8 Å². The maximum absolute atomic E-state index is 8.58. The number of benzene rings is 2. The molecule has 2 aromatic rings. The van der Waals surface area contributed by atoms with Crippen molar-refractivity contribution in [3.63, 3.8) is 0 Å². The van der Waals surface area contributed by atoms with Crippen LogP contribution in [-0.4, -0.2) is 16.9 Å². The number of anilines is 1. The summed E-state index contributed by atoms with van der Waals surface area (Å²) < 4.78 is 0. The van der Waals surface area contributed by atoms with Gasteiger partial charge in [0.15, 0.2) is 5.84 Å². The van der Waals surface area contributed by atoms with E-state index in [9.17, 15) is 0 Å². The maximum Gasteiger partial charge on any atom is 0.170 e. The topological polar surface area (TPSA) is 157 Å². The average molecular weight is 312 g/mol. The molecule has 2 rings (SSSR count). The van der Waals surface area contributed by atoms with Gasteiger partial charge in [0.2, 0.25) is 0 Å². The number of oxime groups is 1. The summed E-state index contributed by atoms with van der Waals surface area (Å²) in [6, 6.07) is 13.7. The van der Waals surface area contributed by atoms with E-state index >= 15 is 0 Å². The van der Waals surface area contributed by atoms with Crippen molar-refractivity contribution < 1.29 is 5.21 Å². The van der Waals surface area contributed by atoms with E-state index in [4.69, 9.17) is 22.2 Å². The highest BCUT2D eigenvalue weighted by molar-refractivity contribution is 5.97. The van der Waals surface area contributed by atoms with Crippen molar-refractivity contribution in [1.29, 1.82) is 5.41 Å². The van der Waals surface area contributed by atoms with Crippen molar-refractivity contribution >= 4 is 23.0 Å². The van der Waals surface area contributed by atoms with Gasteiger partial charge in [-0.1, -0.05) is 10.4 Å². The molecule has 8 N–H and O–H groups in total. The average Bonchev–Trinajstić information content (AvgIpc) is 2.61. The van der Waals surface area contributed by atoms with Crippen LogP contribution in [0.3, 0.4) is 0 Å². The largest absolute Gasteiger partial charge is 0.409 e. The van der Waals surface area contributed by atoms with Gasteiger partial charge in [-0.15, -0.1) is 5.11 Å². The highest BCUT2D eigenvalue weighted by Crippen LogP contribution is 2.15. The number of nitrogens with zero attached hydrogens (tertiary/aromatic N) is 3. The van der Waals surface area contributed by atoms with E-state index in [-0.39, 0.29) is 11.7 Å². The number of hydrogen-bond donors (Lipinski definition) is 6. The zero-order valence-electron chi connectivity index (χ0n) is 12.1. The number of nitrogens with one attached hydrogen (secondary N) is 3. The molecule has 118 valence electrons. The first-order valence-corrected chi connectivity index (χ1v) is 6.54. The van der Waals surface area contributed by atoms with Crippen LogP contribution in [0.15, 0.2) is 64.0 Å². The number of nitrogens with two attached hydrogens (primary N) is 2. The Morgan fingerprint density at radius 3 is 2.17 bits per heavy atom. The molecule has 2 aromatic carbocycles. The van der Waals surface area contributed by atoms with Gasteiger partial charge in [-0.25, -0.2) is 5.84 Å². The molecule has 0 aliphatic carbocycles. The Balaban J connectivity index is 1.97. The van der Waals surface area contributed by atoms with Crippen LogP contribution in [0.25, 0.3) is 0 Å². The Bertz CT molecular complexity index is 721. The van der Waals surface area contributed by atoms with Crippen LogP contribution in [0.5, 0.6) is 0 Å². The molecule has 0 unspecified atom stereocenters. The van der Waals surface area contributed by atoms with Gasteiger partial charge in [-0.05, 0) is 48.5 Å². The molecular formula is C14H16N8O. The number of rotatable bonds is 5. The van der Waals surface area contributed by atoms with Crippen LogP contribution in [0, 0.1) is 5.41 Å². The Labute approximate surface area is 132 Å². The van der Waals surface area contributed by atoms with Crippen LogP contribution < -0.4 is 22.4 Å². The molecule has 0 saturated carbocycles. The summed E-state index contributed by atoms with van der Waals surface area (Å²) in [5.74, 6) is 5.33. The molecule has 0 atom stereocenters. The molecule has 0 aliphatic rings. The second-order valence-electron chi connectivity index (χ2n) is 4.44. The summed E-state index contributed by atoms with van der Waals surface area (Å²) in [5.41, 5.74) is 13.1. The molecule has 9 nitrogen and oxygen atoms in total. The molecule has 0 amide bonds. The van der Waals surface area contributed by atoms with Crippen molar-refractivity contribution in [3.8, 4) is 0 Å². The smallest absolute Gasteiger partial charge is 0.170 e. The highest BCUT2D eigenvalue weighted by Gasteiger charge is 1.99. The van der Waals surface area contributed by atoms with E-state index in [1.165, 1.54) is 0 Å². The molecule has 0 bridgehead atoms. The monoisotopic (exact) mass is 312 g/mol. The standard InChI is InChI=1S/C14H16N8O/c15-13(18-17)9-1-5-11(6-2-9)19-22-20-12-7-3-10(4-8-12)14(16)21-23/h1-8,23H,17H2,(H2,15,18)(H2,16,21)(H,19,20). The van der Waals surface area contributed by atoms with E-state index in [0.717, 1.165) is 5.69 Å². The Morgan fingerprint density at radius 1 is 1.00 bits per heavy atom. The molecule has 23 heavy (non-hydrogen) atoms. The van der Waals surface area contributed by atoms with Gasteiger partial charge in [-0.3, -0.25) is 10.8 Å². The van der Waals surface area contributed by atoms with Gasteiger partial charge >= 0.3 is 0 Å². The summed E-state index contributed by atoms with van der Waals surface area (Å²) in [5, 5.41) is 26.9. The lowest BCUT2D eigenvalue weighted by Gasteiger charge is -2.04.